The van der Waals surface area contributed by atoms with E-state index in [9.17, 15) is 9.59 Å². The topological polar surface area (TPSA) is 158 Å². The molecule has 2 aromatic heterocycles. The van der Waals surface area contributed by atoms with Crippen LogP contribution in [-0.2, 0) is 10.3 Å². The van der Waals surface area contributed by atoms with Crippen LogP contribution < -0.4 is 32.6 Å². The summed E-state index contributed by atoms with van der Waals surface area (Å²) in [5.74, 6) is -0.0898. The lowest BCUT2D eigenvalue weighted by atomic mass is 9.70. The van der Waals surface area contributed by atoms with Crippen LogP contribution in [0.15, 0.2) is 24.4 Å². The minimum atomic E-state index is -1.54. The third-order valence-electron chi connectivity index (χ3n) is 8.02. The molecule has 2 aliphatic carbocycles. The molecule has 1 aliphatic heterocycles. The molecule has 0 spiro atoms. The minimum absolute atomic E-state index is 0.0320. The number of amides is 1. The van der Waals surface area contributed by atoms with E-state index >= 15 is 0 Å². The number of Topliss-reactive ketones (excluding diaryl/α,β-unsaturated/α-hetero) is 1. The fraction of sp³-hybridized carbons (Fsp3) is 0.444. The first kappa shape index (κ1) is 24.3. The molecule has 1 saturated carbocycles. The average Bonchev–Trinajstić information content (AvgIpc) is 3.64. The number of pyridine rings is 1. The Morgan fingerprint density at radius 3 is 2.73 bits per heavy atom. The second kappa shape index (κ2) is 9.05. The van der Waals surface area contributed by atoms with Crippen LogP contribution in [0.4, 0.5) is 5.69 Å². The highest BCUT2D eigenvalue weighted by Gasteiger charge is 2.49. The van der Waals surface area contributed by atoms with Gasteiger partial charge in [0.1, 0.15) is 11.6 Å². The number of hydrogen-bond donors (Lipinski definition) is 5. The molecule has 9 nitrogen and oxygen atoms in total. The standard InChI is InChI=1S/C27H32N6O3S/c1-13-10-19(36-15-4-2-3-5-15)32-12-17(13)27(30)16-6-7-18(28)23-20(16)21(22(29)25(27)34)24(37-23)26(35)33-14-8-9-31-11-14/h6-7,10,12,14-15,22,31H,2-5,8-9,11,28-30H2,1H3,(H,33,35). The average molecular weight is 521 g/mol. The second-order valence-electron chi connectivity index (χ2n) is 10.4. The van der Waals surface area contributed by atoms with E-state index in [1.165, 1.54) is 11.3 Å². The molecule has 2 fully saturated rings. The molecule has 194 valence electrons. The predicted molar refractivity (Wildman–Crippen MR) is 144 cm³/mol. The van der Waals surface area contributed by atoms with Crippen molar-refractivity contribution in [2.24, 2.45) is 11.5 Å². The normalized spacial score (nSPS) is 25.6. The van der Waals surface area contributed by atoms with Gasteiger partial charge in [-0.1, -0.05) is 6.07 Å². The Balaban J connectivity index is 1.45. The van der Waals surface area contributed by atoms with Crippen molar-refractivity contribution in [3.8, 4) is 5.88 Å². The number of ketones is 1. The minimum Gasteiger partial charge on any atom is -0.474 e. The fourth-order valence-electron chi connectivity index (χ4n) is 6.04. The summed E-state index contributed by atoms with van der Waals surface area (Å²) in [6, 6.07) is 4.32. The van der Waals surface area contributed by atoms with E-state index < -0.39 is 11.6 Å². The molecule has 8 N–H and O–H groups in total. The third kappa shape index (κ3) is 3.82. The van der Waals surface area contributed by atoms with Crippen molar-refractivity contribution >= 4 is 38.8 Å². The summed E-state index contributed by atoms with van der Waals surface area (Å²) < 4.78 is 6.78. The molecule has 37 heavy (non-hydrogen) atoms. The van der Waals surface area contributed by atoms with Gasteiger partial charge in [-0.25, -0.2) is 4.98 Å². The molecule has 1 amide bonds. The lowest BCUT2D eigenvalue weighted by Crippen LogP contribution is -2.53. The van der Waals surface area contributed by atoms with Gasteiger partial charge in [0.15, 0.2) is 5.78 Å². The number of anilines is 1. The van der Waals surface area contributed by atoms with Crippen molar-refractivity contribution in [1.82, 2.24) is 15.6 Å². The van der Waals surface area contributed by atoms with Crippen LogP contribution in [0.3, 0.4) is 0 Å². The zero-order chi connectivity index (χ0) is 25.9. The number of nitrogens with zero attached hydrogens (tertiary/aromatic N) is 1. The van der Waals surface area contributed by atoms with Gasteiger partial charge in [0.05, 0.1) is 15.6 Å². The maximum absolute atomic E-state index is 14.0. The zero-order valence-corrected chi connectivity index (χ0v) is 21.6. The van der Waals surface area contributed by atoms with Crippen LogP contribution in [0, 0.1) is 6.92 Å². The number of hydrogen-bond acceptors (Lipinski definition) is 9. The van der Waals surface area contributed by atoms with Crippen molar-refractivity contribution in [3.63, 3.8) is 0 Å². The molecule has 0 radical (unpaired) electrons. The lowest BCUT2D eigenvalue weighted by Gasteiger charge is -2.37. The number of thiophene rings is 1. The number of ether oxygens (including phenoxy) is 1. The Bertz CT molecular complexity index is 1410. The first-order valence-electron chi connectivity index (χ1n) is 12.9. The van der Waals surface area contributed by atoms with E-state index in [1.807, 2.05) is 13.0 Å². The number of aromatic nitrogens is 1. The van der Waals surface area contributed by atoms with Crippen molar-refractivity contribution in [2.45, 2.75) is 62.8 Å². The van der Waals surface area contributed by atoms with E-state index in [2.05, 4.69) is 15.6 Å². The van der Waals surface area contributed by atoms with Gasteiger partial charge in [-0.05, 0) is 62.8 Å². The highest BCUT2D eigenvalue weighted by atomic mass is 32.1. The van der Waals surface area contributed by atoms with Crippen LogP contribution in [0.5, 0.6) is 5.88 Å². The Hall–Kier alpha value is -3.05. The first-order chi connectivity index (χ1) is 17.8. The summed E-state index contributed by atoms with van der Waals surface area (Å²) in [7, 11) is 0. The van der Waals surface area contributed by atoms with Crippen LogP contribution >= 0.6 is 11.3 Å². The van der Waals surface area contributed by atoms with Gasteiger partial charge < -0.3 is 32.6 Å². The van der Waals surface area contributed by atoms with Gasteiger partial charge in [0, 0.05) is 47.1 Å². The molecule has 3 aromatic rings. The molecule has 3 unspecified atom stereocenters. The number of carbonyl (C=O) groups is 2. The molecular formula is C27H32N6O3S. The van der Waals surface area contributed by atoms with Gasteiger partial charge in [-0.3, -0.25) is 9.59 Å². The maximum atomic E-state index is 14.0. The zero-order valence-electron chi connectivity index (χ0n) is 20.8. The highest BCUT2D eigenvalue weighted by Crippen LogP contribution is 2.50. The number of aryl methyl sites for hydroxylation is 1. The highest BCUT2D eigenvalue weighted by molar-refractivity contribution is 7.21. The predicted octanol–water partition coefficient (Wildman–Crippen LogP) is 2.38. The molecule has 10 heteroatoms. The van der Waals surface area contributed by atoms with Crippen LogP contribution in [-0.4, -0.2) is 41.9 Å². The van der Waals surface area contributed by atoms with Gasteiger partial charge in [-0.2, -0.15) is 0 Å². The number of carbonyl (C=O) groups excluding carboxylic acids is 2. The fourth-order valence-corrected chi connectivity index (χ4v) is 7.24. The number of nitrogens with one attached hydrogen (secondary N) is 2. The monoisotopic (exact) mass is 520 g/mol. The largest absolute Gasteiger partial charge is 0.474 e. The summed E-state index contributed by atoms with van der Waals surface area (Å²) in [6.07, 6.45) is 7.01. The number of nitrogen functional groups attached to an aromatic ring is 1. The second-order valence-corrected chi connectivity index (χ2v) is 11.4. The van der Waals surface area contributed by atoms with Gasteiger partial charge in [0.25, 0.3) is 5.91 Å². The van der Waals surface area contributed by atoms with Gasteiger partial charge in [-0.15, -0.1) is 11.3 Å². The molecule has 6 rings (SSSR count). The molecule has 3 heterocycles. The van der Waals surface area contributed by atoms with Crippen LogP contribution in [0.2, 0.25) is 0 Å². The van der Waals surface area contributed by atoms with Gasteiger partial charge in [0.2, 0.25) is 5.88 Å². The molecular weight excluding hydrogens is 488 g/mol. The van der Waals surface area contributed by atoms with Crippen molar-refractivity contribution < 1.29 is 14.3 Å². The van der Waals surface area contributed by atoms with Gasteiger partial charge >= 0.3 is 0 Å². The molecule has 3 aliphatic rings. The van der Waals surface area contributed by atoms with Crippen LogP contribution in [0.1, 0.15) is 70.1 Å². The molecule has 1 aromatic carbocycles. The lowest BCUT2D eigenvalue weighted by molar-refractivity contribution is -0.124. The first-order valence-corrected chi connectivity index (χ1v) is 13.7. The van der Waals surface area contributed by atoms with Crippen molar-refractivity contribution in [2.75, 3.05) is 18.8 Å². The third-order valence-corrected chi connectivity index (χ3v) is 9.27. The summed E-state index contributed by atoms with van der Waals surface area (Å²) in [6.45, 7) is 3.47. The molecule has 1 saturated heterocycles. The van der Waals surface area contributed by atoms with E-state index in [1.54, 1.807) is 18.3 Å². The van der Waals surface area contributed by atoms with E-state index in [0.717, 1.165) is 44.2 Å². The van der Waals surface area contributed by atoms with E-state index in [0.29, 0.717) is 49.8 Å². The quantitative estimate of drug-likeness (QED) is 0.321. The summed E-state index contributed by atoms with van der Waals surface area (Å²) >= 11 is 1.27. The SMILES string of the molecule is Cc1cc(OC2CCCC2)ncc1C1(N)C(=O)C(N)c2c(C(=O)NC3CCNC3)sc3c(N)ccc1c23. The number of nitrogens with two attached hydrogens (primary N) is 3. The van der Waals surface area contributed by atoms with E-state index in [-0.39, 0.29) is 23.8 Å². The summed E-state index contributed by atoms with van der Waals surface area (Å²) in [5, 5.41) is 7.01. The Morgan fingerprint density at radius 1 is 1.24 bits per heavy atom. The smallest absolute Gasteiger partial charge is 0.262 e. The Morgan fingerprint density at radius 2 is 2.03 bits per heavy atom. The Labute approximate surface area is 219 Å². The maximum Gasteiger partial charge on any atom is 0.262 e. The van der Waals surface area contributed by atoms with E-state index in [4.69, 9.17) is 21.9 Å². The Kier molecular flexibility index (Phi) is 5.95. The summed E-state index contributed by atoms with van der Waals surface area (Å²) in [5.41, 5.74) is 21.4. The van der Waals surface area contributed by atoms with Crippen molar-refractivity contribution in [1.29, 1.82) is 0 Å². The number of benzene rings is 1. The van der Waals surface area contributed by atoms with Crippen molar-refractivity contribution in [3.05, 3.63) is 51.5 Å². The number of rotatable bonds is 5. The molecule has 0 bridgehead atoms. The van der Waals surface area contributed by atoms with Crippen LogP contribution in [0.25, 0.3) is 10.1 Å². The summed E-state index contributed by atoms with van der Waals surface area (Å²) in [4.78, 5) is 32.3. The molecule has 3 atom stereocenters.